The lowest BCUT2D eigenvalue weighted by atomic mass is 10.2. The van der Waals surface area contributed by atoms with E-state index in [1.807, 2.05) is 9.80 Å². The molecule has 9 heteroatoms. The maximum Gasteiger partial charge on any atom is 0.417 e. The van der Waals surface area contributed by atoms with Crippen LogP contribution in [0, 0.1) is 0 Å². The Morgan fingerprint density at radius 1 is 1.12 bits per heavy atom. The lowest BCUT2D eigenvalue weighted by Gasteiger charge is -2.36. The number of pyridine rings is 1. The third kappa shape index (κ3) is 4.36. The topological polar surface area (TPSA) is 39.7 Å². The van der Waals surface area contributed by atoms with Crippen molar-refractivity contribution in [2.75, 3.05) is 50.7 Å². The van der Waals surface area contributed by atoms with Crippen molar-refractivity contribution in [3.05, 3.63) is 22.8 Å². The van der Waals surface area contributed by atoms with Gasteiger partial charge in [-0.25, -0.2) is 4.98 Å². The molecule has 2 aliphatic rings. The fraction of sp³-hybridized carbons (Fsp3) is 0.625. The maximum atomic E-state index is 12.7. The molecule has 0 aromatic carbocycles. The number of aromatic nitrogens is 1. The fourth-order valence-corrected chi connectivity index (χ4v) is 3.48. The Balaban J connectivity index is 1.56. The number of nitrogens with zero attached hydrogens (tertiary/aromatic N) is 4. The average Bonchev–Trinajstić information content (AvgIpc) is 3.09. The van der Waals surface area contributed by atoms with E-state index in [9.17, 15) is 18.0 Å². The van der Waals surface area contributed by atoms with E-state index in [1.54, 1.807) is 0 Å². The smallest absolute Gasteiger partial charge is 0.353 e. The minimum atomic E-state index is -4.45. The number of anilines is 1. The predicted molar refractivity (Wildman–Crippen MR) is 88.7 cm³/mol. The van der Waals surface area contributed by atoms with Gasteiger partial charge < -0.3 is 9.80 Å². The van der Waals surface area contributed by atoms with E-state index in [4.69, 9.17) is 11.6 Å². The number of likely N-dealkylation sites (tertiary alicyclic amines) is 1. The number of carbonyl (C=O) groups is 1. The van der Waals surface area contributed by atoms with E-state index in [0.717, 1.165) is 38.2 Å². The molecule has 25 heavy (non-hydrogen) atoms. The van der Waals surface area contributed by atoms with Crippen LogP contribution in [-0.4, -0.2) is 66.5 Å². The summed E-state index contributed by atoms with van der Waals surface area (Å²) in [6, 6.07) is 0.910. The van der Waals surface area contributed by atoms with Crippen LogP contribution in [0.3, 0.4) is 0 Å². The second-order valence-electron chi connectivity index (χ2n) is 6.38. The summed E-state index contributed by atoms with van der Waals surface area (Å²) in [5.74, 6) is 0.511. The number of alkyl halides is 3. The monoisotopic (exact) mass is 376 g/mol. The Labute approximate surface area is 149 Å². The minimum Gasteiger partial charge on any atom is -0.353 e. The Morgan fingerprint density at radius 2 is 1.76 bits per heavy atom. The van der Waals surface area contributed by atoms with Gasteiger partial charge in [0, 0.05) is 45.5 Å². The Bertz CT molecular complexity index is 626. The van der Waals surface area contributed by atoms with Crippen LogP contribution in [0.15, 0.2) is 12.3 Å². The molecule has 3 rings (SSSR count). The molecule has 0 aliphatic carbocycles. The molecule has 1 aromatic heterocycles. The molecule has 2 aliphatic heterocycles. The molecule has 0 unspecified atom stereocenters. The fourth-order valence-electron chi connectivity index (χ4n) is 3.19. The first-order valence-corrected chi connectivity index (χ1v) is 8.70. The molecule has 0 spiro atoms. The molecule has 1 aromatic rings. The molecule has 0 atom stereocenters. The second kappa shape index (κ2) is 7.37. The number of piperazine rings is 1. The highest BCUT2D eigenvalue weighted by Crippen LogP contribution is 2.33. The molecule has 0 radical (unpaired) electrons. The summed E-state index contributed by atoms with van der Waals surface area (Å²) in [5.41, 5.74) is -0.851. The van der Waals surface area contributed by atoms with Crippen molar-refractivity contribution in [1.82, 2.24) is 14.8 Å². The molecular formula is C16H20ClF3N4O. The van der Waals surface area contributed by atoms with Gasteiger partial charge in [0.15, 0.2) is 0 Å². The number of rotatable bonds is 3. The van der Waals surface area contributed by atoms with E-state index < -0.39 is 11.7 Å². The molecule has 5 nitrogen and oxygen atoms in total. The van der Waals surface area contributed by atoms with Gasteiger partial charge in [-0.05, 0) is 18.9 Å². The van der Waals surface area contributed by atoms with E-state index >= 15 is 0 Å². The van der Waals surface area contributed by atoms with Gasteiger partial charge in [0.2, 0.25) is 5.91 Å². The number of hydrogen-bond acceptors (Lipinski definition) is 4. The predicted octanol–water partition coefficient (Wildman–Crippen LogP) is 2.50. The number of halogens is 4. The van der Waals surface area contributed by atoms with Crippen LogP contribution < -0.4 is 4.90 Å². The van der Waals surface area contributed by atoms with Crippen LogP contribution in [0.25, 0.3) is 0 Å². The minimum absolute atomic E-state index is 0.00332. The normalized spacial score (nSPS) is 19.5. The van der Waals surface area contributed by atoms with Gasteiger partial charge in [-0.3, -0.25) is 9.69 Å². The first kappa shape index (κ1) is 18.3. The van der Waals surface area contributed by atoms with Crippen molar-refractivity contribution in [2.24, 2.45) is 0 Å². The van der Waals surface area contributed by atoms with Crippen molar-refractivity contribution in [3.63, 3.8) is 0 Å². The summed E-state index contributed by atoms with van der Waals surface area (Å²) in [5, 5.41) is -0.00332. The summed E-state index contributed by atoms with van der Waals surface area (Å²) >= 11 is 6.00. The van der Waals surface area contributed by atoms with Crippen molar-refractivity contribution in [3.8, 4) is 0 Å². The standard InChI is InChI=1S/C16H20ClF3N4O/c17-13-9-12(16(18,19)20)10-21-15(13)24-7-5-22(6-8-24)11-14(25)23-3-1-2-4-23/h9-10H,1-8,11H2. The second-order valence-corrected chi connectivity index (χ2v) is 6.79. The van der Waals surface area contributed by atoms with Gasteiger partial charge in [-0.1, -0.05) is 11.6 Å². The lowest BCUT2D eigenvalue weighted by Crippen LogP contribution is -2.50. The molecule has 0 N–H and O–H groups in total. The van der Waals surface area contributed by atoms with Gasteiger partial charge in [-0.2, -0.15) is 13.2 Å². The summed E-state index contributed by atoms with van der Waals surface area (Å²) < 4.78 is 38.1. The average molecular weight is 377 g/mol. The molecule has 0 saturated carbocycles. The number of hydrogen-bond donors (Lipinski definition) is 0. The summed E-state index contributed by atoms with van der Waals surface area (Å²) in [6.45, 7) is 4.52. The van der Waals surface area contributed by atoms with Gasteiger partial charge in [0.25, 0.3) is 0 Å². The Kier molecular flexibility index (Phi) is 5.38. The van der Waals surface area contributed by atoms with Crippen LogP contribution in [-0.2, 0) is 11.0 Å². The molecule has 3 heterocycles. The van der Waals surface area contributed by atoms with Crippen LogP contribution in [0.1, 0.15) is 18.4 Å². The third-order valence-electron chi connectivity index (χ3n) is 4.64. The highest BCUT2D eigenvalue weighted by Gasteiger charge is 2.32. The van der Waals surface area contributed by atoms with E-state index in [0.29, 0.717) is 38.5 Å². The highest BCUT2D eigenvalue weighted by molar-refractivity contribution is 6.33. The van der Waals surface area contributed by atoms with Crippen molar-refractivity contribution < 1.29 is 18.0 Å². The zero-order chi connectivity index (χ0) is 18.0. The van der Waals surface area contributed by atoms with Crippen molar-refractivity contribution in [2.45, 2.75) is 19.0 Å². The summed E-state index contributed by atoms with van der Waals surface area (Å²) in [6.07, 6.45) is -1.51. The third-order valence-corrected chi connectivity index (χ3v) is 4.92. The Hall–Kier alpha value is -1.54. The van der Waals surface area contributed by atoms with E-state index in [2.05, 4.69) is 9.88 Å². The molecule has 1 amide bonds. The molecule has 0 bridgehead atoms. The van der Waals surface area contributed by atoms with Crippen LogP contribution in [0.4, 0.5) is 19.0 Å². The lowest BCUT2D eigenvalue weighted by molar-refractivity contribution is -0.137. The van der Waals surface area contributed by atoms with Gasteiger partial charge in [0.05, 0.1) is 17.1 Å². The summed E-state index contributed by atoms with van der Waals surface area (Å²) in [4.78, 5) is 21.9. The SMILES string of the molecule is O=C(CN1CCN(c2ncc(C(F)(F)F)cc2Cl)CC1)N1CCCC1. The van der Waals surface area contributed by atoms with Gasteiger partial charge in [0.1, 0.15) is 5.82 Å². The first-order chi connectivity index (χ1) is 11.8. The largest absolute Gasteiger partial charge is 0.417 e. The van der Waals surface area contributed by atoms with E-state index in [1.165, 1.54) is 0 Å². The quantitative estimate of drug-likeness (QED) is 0.812. The van der Waals surface area contributed by atoms with Gasteiger partial charge in [-0.15, -0.1) is 0 Å². The van der Waals surface area contributed by atoms with E-state index in [-0.39, 0.29) is 10.9 Å². The maximum absolute atomic E-state index is 12.7. The first-order valence-electron chi connectivity index (χ1n) is 8.32. The summed E-state index contributed by atoms with van der Waals surface area (Å²) in [7, 11) is 0. The van der Waals surface area contributed by atoms with Crippen LogP contribution in [0.2, 0.25) is 5.02 Å². The molecular weight excluding hydrogens is 357 g/mol. The number of carbonyl (C=O) groups excluding carboxylic acids is 1. The molecule has 138 valence electrons. The van der Waals surface area contributed by atoms with Crippen molar-refractivity contribution >= 4 is 23.3 Å². The Morgan fingerprint density at radius 3 is 2.32 bits per heavy atom. The van der Waals surface area contributed by atoms with Crippen LogP contribution >= 0.6 is 11.6 Å². The highest BCUT2D eigenvalue weighted by atomic mass is 35.5. The zero-order valence-electron chi connectivity index (χ0n) is 13.7. The van der Waals surface area contributed by atoms with Gasteiger partial charge >= 0.3 is 6.18 Å². The van der Waals surface area contributed by atoms with Crippen molar-refractivity contribution in [1.29, 1.82) is 0 Å². The number of amides is 1. The molecule has 2 fully saturated rings. The van der Waals surface area contributed by atoms with Crippen LogP contribution in [0.5, 0.6) is 0 Å². The zero-order valence-corrected chi connectivity index (χ0v) is 14.5. The molecule has 2 saturated heterocycles.